The van der Waals surface area contributed by atoms with E-state index in [1.165, 1.54) is 12.3 Å². The van der Waals surface area contributed by atoms with Crippen molar-refractivity contribution in [1.82, 2.24) is 5.32 Å². The Labute approximate surface area is 54.5 Å². The fraction of sp³-hybridized carbons (Fsp3) is 0.333. The van der Waals surface area contributed by atoms with Gasteiger partial charge in [0.25, 0.3) is 0 Å². The maximum Gasteiger partial charge on any atom is 0.245 e. The van der Waals surface area contributed by atoms with Crippen molar-refractivity contribution in [3.05, 3.63) is 12.3 Å². The van der Waals surface area contributed by atoms with Crippen LogP contribution in [0.4, 0.5) is 0 Å². The van der Waals surface area contributed by atoms with Gasteiger partial charge >= 0.3 is 0 Å². The van der Waals surface area contributed by atoms with Crippen LogP contribution in [0, 0.1) is 0 Å². The van der Waals surface area contributed by atoms with Gasteiger partial charge in [0.1, 0.15) is 0 Å². The summed E-state index contributed by atoms with van der Waals surface area (Å²) in [5.41, 5.74) is 0. The van der Waals surface area contributed by atoms with Gasteiger partial charge in [-0.15, -0.1) is 0 Å². The predicted octanol–water partition coefficient (Wildman–Crippen LogP) is 0.337. The lowest BCUT2D eigenvalue weighted by Gasteiger charge is -1.85. The number of amides is 1. The number of nitrogens with zero attached hydrogens (tertiary/aromatic N) is 1. The first-order valence-electron chi connectivity index (χ1n) is 2.67. The zero-order valence-corrected chi connectivity index (χ0v) is 5.59. The molecule has 1 N–H and O–H groups in total. The molecule has 50 valence electrons. The number of carbonyl (C=O) groups is 1. The first-order valence-corrected chi connectivity index (χ1v) is 2.67. The second-order valence-corrected chi connectivity index (χ2v) is 1.34. The molecule has 0 spiro atoms. The lowest BCUT2D eigenvalue weighted by atomic mass is 10.6. The number of likely N-dealkylation sites (N-methyl/N-ethyl adjacent to an activating group) is 1. The molecule has 0 aliphatic carbocycles. The fourth-order valence-electron chi connectivity index (χ4n) is 0.280. The topological polar surface area (TPSA) is 41.5 Å². The van der Waals surface area contributed by atoms with E-state index in [0.717, 1.165) is 0 Å². The molecule has 0 radical (unpaired) electrons. The zero-order chi connectivity index (χ0) is 7.11. The number of nitrogens with one attached hydrogen (secondary N) is 1. The maximum atomic E-state index is 10.4. The van der Waals surface area contributed by atoms with Gasteiger partial charge < -0.3 is 5.32 Å². The summed E-state index contributed by atoms with van der Waals surface area (Å²) in [4.78, 5) is 14.1. The fourth-order valence-corrected chi connectivity index (χ4v) is 0.280. The molecule has 0 aliphatic rings. The minimum absolute atomic E-state index is 0.138. The second kappa shape index (κ2) is 5.03. The van der Waals surface area contributed by atoms with Crippen LogP contribution >= 0.6 is 0 Å². The largest absolute Gasteiger partial charge is 0.356 e. The average molecular weight is 126 g/mol. The Bertz CT molecular complexity index is 138. The summed E-state index contributed by atoms with van der Waals surface area (Å²) < 4.78 is 0. The van der Waals surface area contributed by atoms with Crippen LogP contribution in [-0.4, -0.2) is 19.2 Å². The third-order valence-electron chi connectivity index (χ3n) is 0.707. The Hall–Kier alpha value is -1.12. The highest BCUT2D eigenvalue weighted by molar-refractivity contribution is 5.87. The Morgan fingerprint density at radius 2 is 2.33 bits per heavy atom. The standard InChI is InChI=1S/C6H10N2O/c1-3-8-5-4-6(9)7-2/h3-5H,1-2H3,(H,7,9)/b5-4-,8-3?. The lowest BCUT2D eigenvalue weighted by molar-refractivity contribution is -0.116. The van der Waals surface area contributed by atoms with Crippen LogP contribution in [0.5, 0.6) is 0 Å². The molecule has 1 amide bonds. The van der Waals surface area contributed by atoms with Gasteiger partial charge in [-0.05, 0) is 6.92 Å². The molecule has 0 aromatic carbocycles. The molecule has 0 aromatic rings. The minimum Gasteiger partial charge on any atom is -0.356 e. The van der Waals surface area contributed by atoms with E-state index in [-0.39, 0.29) is 5.91 Å². The van der Waals surface area contributed by atoms with Crippen LogP contribution in [0.1, 0.15) is 6.92 Å². The molecule has 9 heavy (non-hydrogen) atoms. The van der Waals surface area contributed by atoms with Crippen LogP contribution in [0.3, 0.4) is 0 Å². The molecule has 3 heteroatoms. The molecule has 0 heterocycles. The molecule has 0 saturated carbocycles. The minimum atomic E-state index is -0.138. The van der Waals surface area contributed by atoms with Gasteiger partial charge in [-0.1, -0.05) is 0 Å². The summed E-state index contributed by atoms with van der Waals surface area (Å²) >= 11 is 0. The molecule has 0 aliphatic heterocycles. The van der Waals surface area contributed by atoms with Gasteiger partial charge in [0, 0.05) is 25.5 Å². The van der Waals surface area contributed by atoms with Crippen LogP contribution in [0.25, 0.3) is 0 Å². The molecule has 0 unspecified atom stereocenters. The smallest absolute Gasteiger partial charge is 0.245 e. The SMILES string of the molecule is CC=N/C=C\C(=O)NC. The molecule has 0 atom stereocenters. The Morgan fingerprint density at radius 1 is 1.67 bits per heavy atom. The Balaban J connectivity index is 3.57. The second-order valence-electron chi connectivity index (χ2n) is 1.34. The van der Waals surface area contributed by atoms with Gasteiger partial charge in [-0.25, -0.2) is 0 Å². The number of hydrogen-bond donors (Lipinski definition) is 1. The number of aliphatic imine (C=N–C) groups is 1. The summed E-state index contributed by atoms with van der Waals surface area (Å²) in [6, 6.07) is 0. The number of rotatable bonds is 2. The first-order chi connectivity index (χ1) is 4.31. The molecular weight excluding hydrogens is 116 g/mol. The van der Waals surface area contributed by atoms with E-state index in [1.807, 2.05) is 0 Å². The summed E-state index contributed by atoms with van der Waals surface area (Å²) in [6.45, 7) is 1.79. The molecule has 3 nitrogen and oxygen atoms in total. The molecule has 0 rings (SSSR count). The summed E-state index contributed by atoms with van der Waals surface area (Å²) in [6.07, 6.45) is 4.41. The number of carbonyl (C=O) groups excluding carboxylic acids is 1. The molecule has 0 fully saturated rings. The predicted molar refractivity (Wildman–Crippen MR) is 37.4 cm³/mol. The highest BCUT2D eigenvalue weighted by Gasteiger charge is 1.82. The average Bonchev–Trinajstić information content (AvgIpc) is 1.89. The van der Waals surface area contributed by atoms with Gasteiger partial charge in [0.2, 0.25) is 5.91 Å². The van der Waals surface area contributed by atoms with Crippen molar-refractivity contribution in [3.8, 4) is 0 Å². The van der Waals surface area contributed by atoms with E-state index < -0.39 is 0 Å². The van der Waals surface area contributed by atoms with Gasteiger partial charge in [0.15, 0.2) is 0 Å². The maximum absolute atomic E-state index is 10.4. The van der Waals surface area contributed by atoms with Crippen molar-refractivity contribution in [1.29, 1.82) is 0 Å². The van der Waals surface area contributed by atoms with E-state index in [2.05, 4.69) is 10.3 Å². The summed E-state index contributed by atoms with van der Waals surface area (Å²) in [7, 11) is 1.57. The van der Waals surface area contributed by atoms with Crippen molar-refractivity contribution < 1.29 is 4.79 Å². The third kappa shape index (κ3) is 4.74. The normalized spacial score (nSPS) is 10.9. The third-order valence-corrected chi connectivity index (χ3v) is 0.707. The van der Waals surface area contributed by atoms with E-state index >= 15 is 0 Å². The molecule has 0 aromatic heterocycles. The highest BCUT2D eigenvalue weighted by atomic mass is 16.1. The van der Waals surface area contributed by atoms with Gasteiger partial charge in [-0.2, -0.15) is 0 Å². The zero-order valence-electron chi connectivity index (χ0n) is 5.59. The molecular formula is C6H10N2O. The van der Waals surface area contributed by atoms with E-state index in [4.69, 9.17) is 0 Å². The van der Waals surface area contributed by atoms with Crippen LogP contribution in [0.2, 0.25) is 0 Å². The quantitative estimate of drug-likeness (QED) is 0.420. The number of hydrogen-bond acceptors (Lipinski definition) is 2. The molecule has 0 bridgehead atoms. The summed E-state index contributed by atoms with van der Waals surface area (Å²) in [5, 5.41) is 2.42. The van der Waals surface area contributed by atoms with Crippen LogP contribution in [0.15, 0.2) is 17.3 Å². The van der Waals surface area contributed by atoms with Crippen molar-refractivity contribution in [2.75, 3.05) is 7.05 Å². The van der Waals surface area contributed by atoms with Crippen molar-refractivity contribution in [2.24, 2.45) is 4.99 Å². The van der Waals surface area contributed by atoms with E-state index in [0.29, 0.717) is 0 Å². The highest BCUT2D eigenvalue weighted by Crippen LogP contribution is 1.72. The lowest BCUT2D eigenvalue weighted by Crippen LogP contribution is -2.13. The van der Waals surface area contributed by atoms with Crippen LogP contribution in [-0.2, 0) is 4.79 Å². The van der Waals surface area contributed by atoms with Crippen LogP contribution < -0.4 is 5.32 Å². The van der Waals surface area contributed by atoms with Crippen molar-refractivity contribution in [3.63, 3.8) is 0 Å². The molecule has 0 saturated heterocycles. The van der Waals surface area contributed by atoms with Crippen molar-refractivity contribution in [2.45, 2.75) is 6.92 Å². The monoisotopic (exact) mass is 126 g/mol. The van der Waals surface area contributed by atoms with E-state index in [9.17, 15) is 4.79 Å². The van der Waals surface area contributed by atoms with E-state index in [1.54, 1.807) is 20.2 Å². The summed E-state index contributed by atoms with van der Waals surface area (Å²) in [5.74, 6) is -0.138. The Morgan fingerprint density at radius 3 is 2.78 bits per heavy atom. The van der Waals surface area contributed by atoms with Gasteiger partial charge in [0.05, 0.1) is 0 Å². The van der Waals surface area contributed by atoms with Gasteiger partial charge in [-0.3, -0.25) is 9.79 Å². The Kier molecular flexibility index (Phi) is 4.40. The first kappa shape index (κ1) is 7.88. The van der Waals surface area contributed by atoms with Crippen molar-refractivity contribution >= 4 is 12.1 Å².